The summed E-state index contributed by atoms with van der Waals surface area (Å²) < 4.78 is 2.19. The molecule has 3 rings (SSSR count). The second-order valence-electron chi connectivity index (χ2n) is 5.34. The molecule has 2 aromatic heterocycles. The van der Waals surface area contributed by atoms with Crippen LogP contribution in [0.2, 0.25) is 0 Å². The molecule has 0 aromatic carbocycles. The molecule has 0 amide bonds. The Morgan fingerprint density at radius 2 is 2.47 bits per heavy atom. The van der Waals surface area contributed by atoms with Crippen molar-refractivity contribution in [2.24, 2.45) is 0 Å². The molecule has 1 aliphatic heterocycles. The number of nitrogens with one attached hydrogen (secondary N) is 1. The standard InChI is InChI=1S/C15H21N3S/c1-3-5-11(2)12-10-15-16-8-7-13(18(15)17-12)14-6-4-9-19-14/h4,6,9-11,13,16H,3,5,7-8H2,1-2H3. The fraction of sp³-hybridized carbons (Fsp3) is 0.533. The van der Waals surface area contributed by atoms with Gasteiger partial charge in [0, 0.05) is 23.4 Å². The molecule has 0 bridgehead atoms. The largest absolute Gasteiger partial charge is 0.370 e. The summed E-state index contributed by atoms with van der Waals surface area (Å²) in [5, 5.41) is 10.5. The molecule has 0 fully saturated rings. The highest BCUT2D eigenvalue weighted by Gasteiger charge is 2.24. The van der Waals surface area contributed by atoms with Gasteiger partial charge in [-0.2, -0.15) is 5.10 Å². The molecule has 0 aliphatic carbocycles. The van der Waals surface area contributed by atoms with Gasteiger partial charge < -0.3 is 5.32 Å². The molecule has 2 aromatic rings. The monoisotopic (exact) mass is 275 g/mol. The molecule has 19 heavy (non-hydrogen) atoms. The van der Waals surface area contributed by atoms with E-state index in [4.69, 9.17) is 5.10 Å². The second kappa shape index (κ2) is 5.37. The van der Waals surface area contributed by atoms with Crippen LogP contribution in [0.15, 0.2) is 23.6 Å². The van der Waals surface area contributed by atoms with Crippen molar-refractivity contribution < 1.29 is 0 Å². The molecule has 0 radical (unpaired) electrons. The molecule has 102 valence electrons. The minimum absolute atomic E-state index is 0.416. The molecule has 0 saturated carbocycles. The third kappa shape index (κ3) is 2.41. The summed E-state index contributed by atoms with van der Waals surface area (Å²) in [6.07, 6.45) is 3.54. The van der Waals surface area contributed by atoms with Gasteiger partial charge in [-0.05, 0) is 24.3 Å². The number of hydrogen-bond acceptors (Lipinski definition) is 3. The highest BCUT2D eigenvalue weighted by Crippen LogP contribution is 2.34. The fourth-order valence-electron chi connectivity index (χ4n) is 2.81. The normalized spacial score (nSPS) is 19.8. The molecule has 3 heterocycles. The van der Waals surface area contributed by atoms with Crippen LogP contribution in [0.1, 0.15) is 55.6 Å². The van der Waals surface area contributed by atoms with Gasteiger partial charge in [0.2, 0.25) is 0 Å². The summed E-state index contributed by atoms with van der Waals surface area (Å²) in [6, 6.07) is 7.01. The molecular formula is C15H21N3S. The van der Waals surface area contributed by atoms with E-state index in [1.807, 2.05) is 11.3 Å². The van der Waals surface area contributed by atoms with Gasteiger partial charge in [-0.3, -0.25) is 0 Å². The Balaban J connectivity index is 1.92. The van der Waals surface area contributed by atoms with E-state index >= 15 is 0 Å². The van der Waals surface area contributed by atoms with Gasteiger partial charge in [0.05, 0.1) is 11.7 Å². The average Bonchev–Trinajstić information content (AvgIpc) is 3.07. The zero-order chi connectivity index (χ0) is 13.2. The van der Waals surface area contributed by atoms with Gasteiger partial charge in [-0.1, -0.05) is 26.3 Å². The third-order valence-corrected chi connectivity index (χ3v) is 4.85. The van der Waals surface area contributed by atoms with E-state index in [0.717, 1.165) is 13.0 Å². The quantitative estimate of drug-likeness (QED) is 0.904. The molecule has 0 saturated heterocycles. The maximum Gasteiger partial charge on any atom is 0.125 e. The van der Waals surface area contributed by atoms with E-state index in [-0.39, 0.29) is 0 Å². The lowest BCUT2D eigenvalue weighted by Crippen LogP contribution is -2.23. The number of aromatic nitrogens is 2. The van der Waals surface area contributed by atoms with Crippen LogP contribution in [0.5, 0.6) is 0 Å². The summed E-state index contributed by atoms with van der Waals surface area (Å²) in [4.78, 5) is 1.42. The molecular weight excluding hydrogens is 254 g/mol. The Hall–Kier alpha value is -1.29. The van der Waals surface area contributed by atoms with Crippen LogP contribution in [0.25, 0.3) is 0 Å². The van der Waals surface area contributed by atoms with Crippen molar-refractivity contribution in [3.8, 4) is 0 Å². The van der Waals surface area contributed by atoms with E-state index in [1.54, 1.807) is 0 Å². The van der Waals surface area contributed by atoms with Gasteiger partial charge in [-0.15, -0.1) is 11.3 Å². The summed E-state index contributed by atoms with van der Waals surface area (Å²) in [5.41, 5.74) is 1.23. The van der Waals surface area contributed by atoms with Crippen LogP contribution in [0, 0.1) is 0 Å². The zero-order valence-corrected chi connectivity index (χ0v) is 12.4. The Labute approximate surface area is 118 Å². The zero-order valence-electron chi connectivity index (χ0n) is 11.6. The number of fused-ring (bicyclic) bond motifs is 1. The van der Waals surface area contributed by atoms with Crippen LogP contribution < -0.4 is 5.32 Å². The highest BCUT2D eigenvalue weighted by atomic mass is 32.1. The smallest absolute Gasteiger partial charge is 0.125 e. The van der Waals surface area contributed by atoms with Crippen LogP contribution in [0.3, 0.4) is 0 Å². The summed E-state index contributed by atoms with van der Waals surface area (Å²) >= 11 is 1.83. The van der Waals surface area contributed by atoms with E-state index < -0.39 is 0 Å². The molecule has 3 nitrogen and oxygen atoms in total. The predicted molar refractivity (Wildman–Crippen MR) is 81.1 cm³/mol. The molecule has 1 N–H and O–H groups in total. The number of nitrogens with zero attached hydrogens (tertiary/aromatic N) is 2. The summed E-state index contributed by atoms with van der Waals surface area (Å²) in [7, 11) is 0. The molecule has 2 unspecified atom stereocenters. The number of hydrogen-bond donors (Lipinski definition) is 1. The van der Waals surface area contributed by atoms with Crippen LogP contribution in [-0.2, 0) is 0 Å². The average molecular weight is 275 g/mol. The first kappa shape index (κ1) is 12.7. The highest BCUT2D eigenvalue weighted by molar-refractivity contribution is 7.10. The molecule has 4 heteroatoms. The van der Waals surface area contributed by atoms with E-state index in [1.165, 1.54) is 29.2 Å². The minimum Gasteiger partial charge on any atom is -0.370 e. The second-order valence-corrected chi connectivity index (χ2v) is 6.31. The SMILES string of the molecule is CCCC(C)c1cc2n(n1)C(c1cccs1)CCN2. The first-order valence-corrected chi connectivity index (χ1v) is 8.04. The Bertz CT molecular complexity index is 530. The van der Waals surface area contributed by atoms with Crippen molar-refractivity contribution in [1.82, 2.24) is 9.78 Å². The maximum absolute atomic E-state index is 4.87. The lowest BCUT2D eigenvalue weighted by Gasteiger charge is -2.24. The Kier molecular flexibility index (Phi) is 3.60. The van der Waals surface area contributed by atoms with Gasteiger partial charge in [-0.25, -0.2) is 4.68 Å². The van der Waals surface area contributed by atoms with Gasteiger partial charge >= 0.3 is 0 Å². The summed E-state index contributed by atoms with van der Waals surface area (Å²) in [6.45, 7) is 5.55. The topological polar surface area (TPSA) is 29.9 Å². The van der Waals surface area contributed by atoms with Crippen molar-refractivity contribution in [2.75, 3.05) is 11.9 Å². The van der Waals surface area contributed by atoms with Gasteiger partial charge in [0.25, 0.3) is 0 Å². The lowest BCUT2D eigenvalue weighted by atomic mass is 10.0. The minimum atomic E-state index is 0.416. The lowest BCUT2D eigenvalue weighted by molar-refractivity contribution is 0.479. The molecule has 2 atom stereocenters. The van der Waals surface area contributed by atoms with Gasteiger partial charge in [0.1, 0.15) is 5.82 Å². The number of anilines is 1. The first-order chi connectivity index (χ1) is 9.29. The third-order valence-electron chi connectivity index (χ3n) is 3.87. The molecule has 0 spiro atoms. The predicted octanol–water partition coefficient (Wildman–Crippen LogP) is 4.25. The van der Waals surface area contributed by atoms with Crippen molar-refractivity contribution in [1.29, 1.82) is 0 Å². The van der Waals surface area contributed by atoms with Crippen molar-refractivity contribution in [3.05, 3.63) is 34.2 Å². The molecule has 1 aliphatic rings. The Morgan fingerprint density at radius 1 is 1.58 bits per heavy atom. The summed E-state index contributed by atoms with van der Waals surface area (Å²) in [5.74, 6) is 1.73. The van der Waals surface area contributed by atoms with Crippen molar-refractivity contribution >= 4 is 17.2 Å². The van der Waals surface area contributed by atoms with Crippen LogP contribution >= 0.6 is 11.3 Å². The maximum atomic E-state index is 4.87. The van der Waals surface area contributed by atoms with Crippen LogP contribution in [-0.4, -0.2) is 16.3 Å². The first-order valence-electron chi connectivity index (χ1n) is 7.16. The Morgan fingerprint density at radius 3 is 3.21 bits per heavy atom. The van der Waals surface area contributed by atoms with Gasteiger partial charge in [0.15, 0.2) is 0 Å². The number of thiophene rings is 1. The van der Waals surface area contributed by atoms with Crippen molar-refractivity contribution in [3.63, 3.8) is 0 Å². The number of rotatable bonds is 4. The van der Waals surface area contributed by atoms with E-state index in [2.05, 4.69) is 47.4 Å². The fourth-order valence-corrected chi connectivity index (χ4v) is 3.65. The van der Waals surface area contributed by atoms with Crippen molar-refractivity contribution in [2.45, 2.75) is 45.1 Å². The van der Waals surface area contributed by atoms with E-state index in [0.29, 0.717) is 12.0 Å². The van der Waals surface area contributed by atoms with E-state index in [9.17, 15) is 0 Å². The van der Waals surface area contributed by atoms with Crippen LogP contribution in [0.4, 0.5) is 5.82 Å².